The molecule has 0 aliphatic carbocycles. The maximum Gasteiger partial charge on any atom is 0.228 e. The molecule has 0 aromatic heterocycles. The molecule has 0 saturated carbocycles. The van der Waals surface area contributed by atoms with Crippen LogP contribution in [0.2, 0.25) is 13.1 Å². The molecule has 0 amide bonds. The Bertz CT molecular complexity index is 74.2. The predicted molar refractivity (Wildman–Crippen MR) is 38.5 cm³/mol. The molecule has 54 valence electrons. The van der Waals surface area contributed by atoms with Crippen molar-refractivity contribution in [2.24, 2.45) is 0 Å². The van der Waals surface area contributed by atoms with E-state index >= 15 is 0 Å². The average molecular weight is 164 g/mol. The minimum atomic E-state index is -2.07. The van der Waals surface area contributed by atoms with Crippen molar-refractivity contribution in [3.63, 3.8) is 0 Å². The molecular weight excluding hydrogens is 152 g/mol. The minimum absolute atomic E-state index is 0.00431. The van der Waals surface area contributed by atoms with Gasteiger partial charge in [0.1, 0.15) is 0 Å². The molecule has 0 unspecified atom stereocenters. The van der Waals surface area contributed by atoms with Crippen LogP contribution in [0.25, 0.3) is 0 Å². The predicted octanol–water partition coefficient (Wildman–Crippen LogP) is -0.691. The van der Waals surface area contributed by atoms with Crippen molar-refractivity contribution in [1.82, 2.24) is 0 Å². The third kappa shape index (κ3) is 3.12. The van der Waals surface area contributed by atoms with Crippen molar-refractivity contribution in [2.45, 2.75) is 13.1 Å². The van der Waals surface area contributed by atoms with Gasteiger partial charge < -0.3 is 14.3 Å². The second kappa shape index (κ2) is 4.18. The highest BCUT2D eigenvalue weighted by Crippen LogP contribution is 1.99. The summed E-state index contributed by atoms with van der Waals surface area (Å²) in [6.07, 6.45) is 0.00861. The zero-order valence-electron chi connectivity index (χ0n) is 5.72. The van der Waals surface area contributed by atoms with E-state index in [0.29, 0.717) is 9.76 Å². The van der Waals surface area contributed by atoms with E-state index in [9.17, 15) is 0 Å². The molecule has 0 rings (SSSR count). The first-order valence-electron chi connectivity index (χ1n) is 2.75. The Balaban J connectivity index is 3.62. The van der Waals surface area contributed by atoms with Crippen LogP contribution < -0.4 is 0 Å². The largest absolute Gasteiger partial charge is 0.453 e. The highest BCUT2D eigenvalue weighted by Gasteiger charge is 2.25. The van der Waals surface area contributed by atoms with Crippen LogP contribution in [0.1, 0.15) is 0 Å². The van der Waals surface area contributed by atoms with E-state index in [1.165, 1.54) is 0 Å². The lowest BCUT2D eigenvalue weighted by Crippen LogP contribution is -2.44. The Morgan fingerprint density at radius 1 is 1.44 bits per heavy atom. The zero-order valence-corrected chi connectivity index (χ0v) is 7.72. The summed E-state index contributed by atoms with van der Waals surface area (Å²) in [6.45, 7) is 3.69. The second-order valence-electron chi connectivity index (χ2n) is 2.07. The van der Waals surface area contributed by atoms with Crippen molar-refractivity contribution in [2.75, 3.05) is 12.5 Å². The normalized spacial score (nSPS) is 12.0. The van der Waals surface area contributed by atoms with Crippen molar-refractivity contribution in [3.05, 3.63) is 0 Å². The van der Waals surface area contributed by atoms with Crippen molar-refractivity contribution < 1.29 is 14.3 Å². The van der Waals surface area contributed by atoms with Crippen LogP contribution in [-0.2, 0) is 4.12 Å². The van der Waals surface area contributed by atoms with Gasteiger partial charge in [-0.2, -0.15) is 0 Å². The van der Waals surface area contributed by atoms with Gasteiger partial charge in [-0.25, -0.2) is 0 Å². The lowest BCUT2D eigenvalue weighted by Gasteiger charge is -2.20. The van der Waals surface area contributed by atoms with Gasteiger partial charge in [0.15, 0.2) is 0 Å². The fourth-order valence-corrected chi connectivity index (χ4v) is 2.95. The summed E-state index contributed by atoms with van der Waals surface area (Å²) in [6, 6.07) is 0. The van der Waals surface area contributed by atoms with Gasteiger partial charge in [-0.05, 0) is 13.1 Å². The van der Waals surface area contributed by atoms with E-state index in [2.05, 4.69) is 0 Å². The number of hydrogen-bond donors (Lipinski definition) is 2. The Morgan fingerprint density at radius 3 is 2.00 bits per heavy atom. The summed E-state index contributed by atoms with van der Waals surface area (Å²) < 4.78 is 5.19. The molecule has 9 heavy (non-hydrogen) atoms. The van der Waals surface area contributed by atoms with E-state index in [1.54, 1.807) is 0 Å². The molecular formula is C4H12O3Si2. The SMILES string of the molecule is C[Si]O[Si](C)(CO)CO. The van der Waals surface area contributed by atoms with E-state index in [4.69, 9.17) is 14.3 Å². The number of hydrogen-bond acceptors (Lipinski definition) is 3. The van der Waals surface area contributed by atoms with Gasteiger partial charge in [-0.3, -0.25) is 0 Å². The van der Waals surface area contributed by atoms with Crippen LogP contribution in [0, 0.1) is 0 Å². The van der Waals surface area contributed by atoms with Crippen molar-refractivity contribution in [3.8, 4) is 0 Å². The standard InChI is InChI=1S/C4H12O3Si2/c1-8-7-9(2,3-5)4-6/h5-6H,3-4H2,1-2H3. The first kappa shape index (κ1) is 9.31. The van der Waals surface area contributed by atoms with Crippen LogP contribution in [0.15, 0.2) is 0 Å². The molecule has 0 fully saturated rings. The van der Waals surface area contributed by atoms with Gasteiger partial charge in [0, 0.05) is 0 Å². The quantitative estimate of drug-likeness (QED) is 0.541. The van der Waals surface area contributed by atoms with Crippen molar-refractivity contribution in [1.29, 1.82) is 0 Å². The van der Waals surface area contributed by atoms with Crippen LogP contribution in [0.4, 0.5) is 0 Å². The summed E-state index contributed by atoms with van der Waals surface area (Å²) in [5.74, 6) is 0. The van der Waals surface area contributed by atoms with Crippen LogP contribution in [0.3, 0.4) is 0 Å². The lowest BCUT2D eigenvalue weighted by atomic mass is 11.6. The van der Waals surface area contributed by atoms with Crippen LogP contribution in [-0.4, -0.2) is 40.8 Å². The summed E-state index contributed by atoms with van der Waals surface area (Å²) in [4.78, 5) is 0. The number of aliphatic hydroxyl groups excluding tert-OH is 2. The summed E-state index contributed by atoms with van der Waals surface area (Å²) in [5.41, 5.74) is 0. The Labute approximate surface area is 58.7 Å². The smallest absolute Gasteiger partial charge is 0.228 e. The van der Waals surface area contributed by atoms with E-state index in [-0.39, 0.29) is 12.5 Å². The average Bonchev–Trinajstić information content (AvgIpc) is 1.89. The van der Waals surface area contributed by atoms with Gasteiger partial charge in [0.05, 0.1) is 12.5 Å². The molecule has 0 bridgehead atoms. The molecule has 5 heteroatoms. The van der Waals surface area contributed by atoms with Gasteiger partial charge in [-0.15, -0.1) is 0 Å². The first-order chi connectivity index (χ1) is 4.18. The Hall–Kier alpha value is 0.314. The highest BCUT2D eigenvalue weighted by atomic mass is 28.4. The maximum absolute atomic E-state index is 8.70. The van der Waals surface area contributed by atoms with Gasteiger partial charge in [0.2, 0.25) is 18.1 Å². The lowest BCUT2D eigenvalue weighted by molar-refractivity contribution is 0.290. The molecule has 0 aromatic carbocycles. The molecule has 0 saturated heterocycles. The molecule has 0 aliphatic rings. The third-order valence-electron chi connectivity index (χ3n) is 1.02. The van der Waals surface area contributed by atoms with Gasteiger partial charge in [-0.1, -0.05) is 0 Å². The molecule has 2 radical (unpaired) electrons. The molecule has 2 N–H and O–H groups in total. The molecule has 0 atom stereocenters. The second-order valence-corrected chi connectivity index (χ2v) is 6.83. The third-order valence-corrected chi connectivity index (χ3v) is 5.14. The van der Waals surface area contributed by atoms with Gasteiger partial charge in [0.25, 0.3) is 0 Å². The van der Waals surface area contributed by atoms with Crippen LogP contribution >= 0.6 is 0 Å². The number of rotatable bonds is 4. The molecule has 0 spiro atoms. The Kier molecular flexibility index (Phi) is 4.33. The van der Waals surface area contributed by atoms with E-state index < -0.39 is 8.32 Å². The topological polar surface area (TPSA) is 49.7 Å². The molecule has 0 aromatic rings. The summed E-state index contributed by atoms with van der Waals surface area (Å²) in [5, 5.41) is 17.4. The summed E-state index contributed by atoms with van der Waals surface area (Å²) in [7, 11) is -1.71. The van der Waals surface area contributed by atoms with Crippen LogP contribution in [0.5, 0.6) is 0 Å². The molecule has 0 aliphatic heterocycles. The summed E-state index contributed by atoms with van der Waals surface area (Å²) >= 11 is 0. The molecule has 0 heterocycles. The van der Waals surface area contributed by atoms with E-state index in [0.717, 1.165) is 0 Å². The van der Waals surface area contributed by atoms with Gasteiger partial charge >= 0.3 is 0 Å². The van der Waals surface area contributed by atoms with Crippen molar-refractivity contribution >= 4 is 18.1 Å². The first-order valence-corrected chi connectivity index (χ1v) is 6.98. The van der Waals surface area contributed by atoms with E-state index in [1.807, 2.05) is 13.1 Å². The molecule has 3 nitrogen and oxygen atoms in total. The fraction of sp³-hybridized carbons (Fsp3) is 1.00. The monoisotopic (exact) mass is 164 g/mol. The maximum atomic E-state index is 8.70. The fourth-order valence-electron chi connectivity index (χ4n) is 0.361. The highest BCUT2D eigenvalue weighted by molar-refractivity contribution is 6.75. The minimum Gasteiger partial charge on any atom is -0.453 e. The number of aliphatic hydroxyl groups is 2. The zero-order chi connectivity index (χ0) is 7.33. The Morgan fingerprint density at radius 2 is 1.89 bits per heavy atom.